The first-order valence-electron chi connectivity index (χ1n) is 5.87. The summed E-state index contributed by atoms with van der Waals surface area (Å²) < 4.78 is 0. The van der Waals surface area contributed by atoms with Crippen LogP contribution in [0.1, 0.15) is 45.2 Å². The molecule has 1 unspecified atom stereocenters. The van der Waals surface area contributed by atoms with E-state index in [0.29, 0.717) is 6.04 Å². The first kappa shape index (κ1) is 12.2. The van der Waals surface area contributed by atoms with E-state index in [4.69, 9.17) is 0 Å². The van der Waals surface area contributed by atoms with Crippen molar-refractivity contribution in [3.05, 3.63) is 30.1 Å². The minimum atomic E-state index is 0.464. The van der Waals surface area contributed by atoms with Crippen LogP contribution in [0.3, 0.4) is 0 Å². The van der Waals surface area contributed by atoms with Crippen LogP contribution < -0.4 is 5.32 Å². The molecule has 0 aliphatic rings. The van der Waals surface area contributed by atoms with Crippen molar-refractivity contribution in [2.24, 2.45) is 5.92 Å². The summed E-state index contributed by atoms with van der Waals surface area (Å²) >= 11 is 0. The Labute approximate surface area is 93.1 Å². The first-order chi connectivity index (χ1) is 7.24. The summed E-state index contributed by atoms with van der Waals surface area (Å²) in [4.78, 5) is 4.17. The molecule has 2 nitrogen and oxygen atoms in total. The SMILES string of the molecule is CCNC(CCC(C)C)c1cccnc1. The van der Waals surface area contributed by atoms with E-state index in [9.17, 15) is 0 Å². The molecular formula is C13H22N2. The summed E-state index contributed by atoms with van der Waals surface area (Å²) in [7, 11) is 0. The predicted molar refractivity (Wildman–Crippen MR) is 64.7 cm³/mol. The lowest BCUT2D eigenvalue weighted by atomic mass is 9.99. The Morgan fingerprint density at radius 2 is 2.13 bits per heavy atom. The largest absolute Gasteiger partial charge is 0.310 e. The average Bonchev–Trinajstić information content (AvgIpc) is 2.25. The Hall–Kier alpha value is -0.890. The highest BCUT2D eigenvalue weighted by Gasteiger charge is 2.10. The van der Waals surface area contributed by atoms with E-state index in [1.807, 2.05) is 18.5 Å². The van der Waals surface area contributed by atoms with Gasteiger partial charge in [0.05, 0.1) is 0 Å². The lowest BCUT2D eigenvalue weighted by molar-refractivity contribution is 0.448. The van der Waals surface area contributed by atoms with E-state index in [1.165, 1.54) is 18.4 Å². The molecule has 0 saturated carbocycles. The first-order valence-corrected chi connectivity index (χ1v) is 5.87. The second kappa shape index (κ2) is 6.57. The van der Waals surface area contributed by atoms with Crippen LogP contribution in [-0.4, -0.2) is 11.5 Å². The number of nitrogens with one attached hydrogen (secondary N) is 1. The van der Waals surface area contributed by atoms with Crippen LogP contribution in [0, 0.1) is 5.92 Å². The zero-order chi connectivity index (χ0) is 11.1. The molecule has 1 heterocycles. The standard InChI is InChI=1S/C13H22N2/c1-4-15-13(8-7-11(2)3)12-6-5-9-14-10-12/h5-6,9-11,13,15H,4,7-8H2,1-3H3. The Morgan fingerprint density at radius 3 is 2.67 bits per heavy atom. The van der Waals surface area contributed by atoms with Gasteiger partial charge >= 0.3 is 0 Å². The Kier molecular flexibility index (Phi) is 5.33. The number of hydrogen-bond acceptors (Lipinski definition) is 2. The van der Waals surface area contributed by atoms with Crippen molar-refractivity contribution < 1.29 is 0 Å². The van der Waals surface area contributed by atoms with Gasteiger partial charge in [-0.2, -0.15) is 0 Å². The number of aromatic nitrogens is 1. The van der Waals surface area contributed by atoms with Gasteiger partial charge in [0.25, 0.3) is 0 Å². The van der Waals surface area contributed by atoms with Gasteiger partial charge in [-0.15, -0.1) is 0 Å². The molecule has 0 saturated heterocycles. The van der Waals surface area contributed by atoms with Gasteiger partial charge in [0.1, 0.15) is 0 Å². The maximum atomic E-state index is 4.17. The van der Waals surface area contributed by atoms with E-state index in [0.717, 1.165) is 12.5 Å². The molecule has 0 fully saturated rings. The monoisotopic (exact) mass is 206 g/mol. The average molecular weight is 206 g/mol. The van der Waals surface area contributed by atoms with Crippen LogP contribution in [0.15, 0.2) is 24.5 Å². The fraction of sp³-hybridized carbons (Fsp3) is 0.615. The molecule has 84 valence electrons. The Morgan fingerprint density at radius 1 is 1.33 bits per heavy atom. The smallest absolute Gasteiger partial charge is 0.0335 e. The van der Waals surface area contributed by atoms with Gasteiger partial charge < -0.3 is 5.32 Å². The minimum absolute atomic E-state index is 0.464. The molecule has 2 heteroatoms. The van der Waals surface area contributed by atoms with Crippen molar-refractivity contribution in [3.63, 3.8) is 0 Å². The van der Waals surface area contributed by atoms with Crippen LogP contribution in [-0.2, 0) is 0 Å². The Balaban J connectivity index is 2.57. The lowest BCUT2D eigenvalue weighted by Crippen LogP contribution is -2.21. The molecular weight excluding hydrogens is 184 g/mol. The van der Waals surface area contributed by atoms with Crippen LogP contribution in [0.4, 0.5) is 0 Å². The highest BCUT2D eigenvalue weighted by Crippen LogP contribution is 2.19. The van der Waals surface area contributed by atoms with E-state index in [2.05, 4.69) is 37.1 Å². The van der Waals surface area contributed by atoms with E-state index in [1.54, 1.807) is 0 Å². The predicted octanol–water partition coefficient (Wildman–Crippen LogP) is 3.17. The van der Waals surface area contributed by atoms with Crippen molar-refractivity contribution in [1.29, 1.82) is 0 Å². The molecule has 0 aliphatic carbocycles. The number of rotatable bonds is 6. The summed E-state index contributed by atoms with van der Waals surface area (Å²) in [5, 5.41) is 3.51. The summed E-state index contributed by atoms with van der Waals surface area (Å²) in [6.45, 7) is 7.70. The number of pyridine rings is 1. The van der Waals surface area contributed by atoms with E-state index in [-0.39, 0.29) is 0 Å². The molecule has 0 aliphatic heterocycles. The molecule has 1 aromatic rings. The summed E-state index contributed by atoms with van der Waals surface area (Å²) in [6, 6.07) is 4.63. The van der Waals surface area contributed by atoms with Gasteiger partial charge in [0, 0.05) is 18.4 Å². The maximum absolute atomic E-state index is 4.17. The fourth-order valence-electron chi connectivity index (χ4n) is 1.72. The van der Waals surface area contributed by atoms with Gasteiger partial charge in [0.2, 0.25) is 0 Å². The van der Waals surface area contributed by atoms with Crippen LogP contribution in [0.5, 0.6) is 0 Å². The number of nitrogens with zero attached hydrogens (tertiary/aromatic N) is 1. The summed E-state index contributed by atoms with van der Waals surface area (Å²) in [5.74, 6) is 0.767. The van der Waals surface area contributed by atoms with Gasteiger partial charge in [0.15, 0.2) is 0 Å². The van der Waals surface area contributed by atoms with Crippen molar-refractivity contribution in [2.75, 3.05) is 6.54 Å². The van der Waals surface area contributed by atoms with Crippen LogP contribution >= 0.6 is 0 Å². The van der Waals surface area contributed by atoms with E-state index < -0.39 is 0 Å². The summed E-state index contributed by atoms with van der Waals surface area (Å²) in [6.07, 6.45) is 6.24. The molecule has 1 rings (SSSR count). The van der Waals surface area contributed by atoms with Crippen molar-refractivity contribution in [2.45, 2.75) is 39.7 Å². The lowest BCUT2D eigenvalue weighted by Gasteiger charge is -2.18. The van der Waals surface area contributed by atoms with Crippen LogP contribution in [0.2, 0.25) is 0 Å². The molecule has 15 heavy (non-hydrogen) atoms. The normalized spacial score (nSPS) is 13.1. The van der Waals surface area contributed by atoms with Gasteiger partial charge in [-0.25, -0.2) is 0 Å². The third kappa shape index (κ3) is 4.43. The molecule has 0 amide bonds. The van der Waals surface area contributed by atoms with Gasteiger partial charge in [-0.1, -0.05) is 26.8 Å². The highest BCUT2D eigenvalue weighted by atomic mass is 14.9. The zero-order valence-corrected chi connectivity index (χ0v) is 10.0. The summed E-state index contributed by atoms with van der Waals surface area (Å²) in [5.41, 5.74) is 1.31. The van der Waals surface area contributed by atoms with Crippen LogP contribution in [0.25, 0.3) is 0 Å². The van der Waals surface area contributed by atoms with E-state index >= 15 is 0 Å². The highest BCUT2D eigenvalue weighted by molar-refractivity contribution is 5.13. The molecule has 0 spiro atoms. The zero-order valence-electron chi connectivity index (χ0n) is 10.0. The molecule has 1 aromatic heterocycles. The van der Waals surface area contributed by atoms with Gasteiger partial charge in [-0.3, -0.25) is 4.98 Å². The Bertz CT molecular complexity index is 256. The second-order valence-electron chi connectivity index (χ2n) is 4.37. The third-order valence-corrected chi connectivity index (χ3v) is 2.57. The topological polar surface area (TPSA) is 24.9 Å². The van der Waals surface area contributed by atoms with Crippen molar-refractivity contribution in [3.8, 4) is 0 Å². The van der Waals surface area contributed by atoms with Crippen molar-refractivity contribution >= 4 is 0 Å². The quantitative estimate of drug-likeness (QED) is 0.773. The molecule has 0 radical (unpaired) electrons. The second-order valence-corrected chi connectivity index (χ2v) is 4.37. The maximum Gasteiger partial charge on any atom is 0.0335 e. The fourth-order valence-corrected chi connectivity index (χ4v) is 1.72. The molecule has 0 bridgehead atoms. The van der Waals surface area contributed by atoms with Crippen molar-refractivity contribution in [1.82, 2.24) is 10.3 Å². The minimum Gasteiger partial charge on any atom is -0.310 e. The van der Waals surface area contributed by atoms with Gasteiger partial charge in [-0.05, 0) is 36.9 Å². The molecule has 1 atom stereocenters. The number of hydrogen-bond donors (Lipinski definition) is 1. The molecule has 0 aromatic carbocycles. The molecule has 1 N–H and O–H groups in total. The third-order valence-electron chi connectivity index (χ3n) is 2.57.